The predicted molar refractivity (Wildman–Crippen MR) is 314 cm³/mol. The number of para-hydroxylation sites is 4. The topological polar surface area (TPSA) is 8.17 Å². The predicted octanol–water partition coefficient (Wildman–Crippen LogP) is 19.3. The van der Waals surface area contributed by atoms with Crippen LogP contribution in [-0.2, 0) is 5.41 Å². The van der Waals surface area contributed by atoms with E-state index in [0.29, 0.717) is 0 Å². The fourth-order valence-corrected chi connectivity index (χ4v) is 12.7. The van der Waals surface area contributed by atoms with E-state index >= 15 is 0 Å². The zero-order valence-corrected chi connectivity index (χ0v) is 41.1. The summed E-state index contributed by atoms with van der Waals surface area (Å²) in [6.45, 7) is 0. The van der Waals surface area contributed by atoms with Gasteiger partial charge in [-0.05, 0) is 132 Å². The molecule has 0 bridgehead atoms. The molecule has 0 saturated carbocycles. The number of nitrogens with zero attached hydrogens (tertiary/aromatic N) is 2. The molecule has 0 radical (unpaired) electrons. The van der Waals surface area contributed by atoms with Crippen molar-refractivity contribution in [3.63, 3.8) is 0 Å². The standard InChI is InChI=1S/C73H48N2/c1-3-17-49(18-4-1)51-33-35-53(36-34-51)54-41-44-58(45-42-54)74(69-30-12-8-23-60(69)55-39-37-52(38-40-55)50-19-5-2-6-20-50)59-22-15-21-56(47-59)57-43-46-62-61-24-7-10-27-65(61)73(68(62)48-57)66-28-11-14-32-71(66)75-70-31-13-9-25-63(70)64-26-16-29-67(73)72(64)75/h1-48H. The third-order valence-corrected chi connectivity index (χ3v) is 16.0. The van der Waals surface area contributed by atoms with Crippen molar-refractivity contribution >= 4 is 38.9 Å². The van der Waals surface area contributed by atoms with Crippen LogP contribution in [0.25, 0.3) is 94.3 Å². The van der Waals surface area contributed by atoms with Crippen molar-refractivity contribution in [2.45, 2.75) is 5.41 Å². The molecule has 2 aliphatic rings. The Hall–Kier alpha value is -9.76. The van der Waals surface area contributed by atoms with Crippen molar-refractivity contribution in [3.8, 4) is 72.4 Å². The molecule has 1 spiro atoms. The second-order valence-electron chi connectivity index (χ2n) is 20.0. The molecule has 1 aliphatic heterocycles. The van der Waals surface area contributed by atoms with Crippen LogP contribution in [0.2, 0.25) is 0 Å². The Labute approximate surface area is 437 Å². The number of rotatable bonds is 8. The van der Waals surface area contributed by atoms with Crippen LogP contribution in [0, 0.1) is 0 Å². The second-order valence-corrected chi connectivity index (χ2v) is 20.0. The Morgan fingerprint density at radius 2 is 0.747 bits per heavy atom. The van der Waals surface area contributed by atoms with Crippen molar-refractivity contribution < 1.29 is 0 Å². The normalized spacial score (nSPS) is 13.9. The largest absolute Gasteiger partial charge is 0.310 e. The molecule has 1 unspecified atom stereocenters. The van der Waals surface area contributed by atoms with Gasteiger partial charge in [0.05, 0.1) is 27.8 Å². The highest BCUT2D eigenvalue weighted by Gasteiger charge is 2.50. The maximum Gasteiger partial charge on any atom is 0.0754 e. The van der Waals surface area contributed by atoms with Crippen LogP contribution >= 0.6 is 0 Å². The Morgan fingerprint density at radius 1 is 0.267 bits per heavy atom. The Balaban J connectivity index is 0.886. The summed E-state index contributed by atoms with van der Waals surface area (Å²) >= 11 is 0. The average Bonchev–Trinajstić information content (AvgIpc) is 4.23. The van der Waals surface area contributed by atoms with Gasteiger partial charge in [-0.3, -0.25) is 0 Å². The summed E-state index contributed by atoms with van der Waals surface area (Å²) in [6, 6.07) is 108. The van der Waals surface area contributed by atoms with Gasteiger partial charge in [-0.2, -0.15) is 0 Å². The maximum atomic E-state index is 2.52. The molecular formula is C73H48N2. The number of aromatic nitrogens is 1. The summed E-state index contributed by atoms with van der Waals surface area (Å²) in [7, 11) is 0. The van der Waals surface area contributed by atoms with Gasteiger partial charge < -0.3 is 9.47 Å². The van der Waals surface area contributed by atoms with Crippen molar-refractivity contribution in [1.29, 1.82) is 0 Å². The minimum absolute atomic E-state index is 0.537. The molecule has 2 heterocycles. The van der Waals surface area contributed by atoms with Gasteiger partial charge in [-0.1, -0.05) is 243 Å². The molecule has 1 aliphatic carbocycles. The van der Waals surface area contributed by atoms with Crippen LogP contribution in [0.5, 0.6) is 0 Å². The van der Waals surface area contributed by atoms with E-state index in [1.54, 1.807) is 0 Å². The second kappa shape index (κ2) is 17.2. The third-order valence-electron chi connectivity index (χ3n) is 16.0. The molecule has 15 rings (SSSR count). The molecule has 2 heteroatoms. The summed E-state index contributed by atoms with van der Waals surface area (Å²) < 4.78 is 2.52. The van der Waals surface area contributed by atoms with E-state index < -0.39 is 5.41 Å². The van der Waals surface area contributed by atoms with E-state index in [9.17, 15) is 0 Å². The lowest BCUT2D eigenvalue weighted by Gasteiger charge is -2.39. The summed E-state index contributed by atoms with van der Waals surface area (Å²) in [5.41, 5.74) is 26.2. The number of benzene rings is 12. The first-order valence-corrected chi connectivity index (χ1v) is 26.0. The van der Waals surface area contributed by atoms with Crippen LogP contribution in [0.4, 0.5) is 17.1 Å². The molecule has 75 heavy (non-hydrogen) atoms. The molecular weight excluding hydrogens is 905 g/mol. The number of hydrogen-bond donors (Lipinski definition) is 0. The van der Waals surface area contributed by atoms with Gasteiger partial charge >= 0.3 is 0 Å². The average molecular weight is 953 g/mol. The van der Waals surface area contributed by atoms with E-state index in [2.05, 4.69) is 301 Å². The van der Waals surface area contributed by atoms with E-state index in [1.165, 1.54) is 99.8 Å². The van der Waals surface area contributed by atoms with Gasteiger partial charge in [-0.15, -0.1) is 0 Å². The number of fused-ring (bicyclic) bond motifs is 12. The van der Waals surface area contributed by atoms with E-state index in [4.69, 9.17) is 0 Å². The summed E-state index contributed by atoms with van der Waals surface area (Å²) in [5.74, 6) is 0. The Bertz CT molecular complexity index is 4320. The van der Waals surface area contributed by atoms with Crippen molar-refractivity contribution in [3.05, 3.63) is 313 Å². The molecule has 13 aromatic rings. The van der Waals surface area contributed by atoms with Crippen LogP contribution in [0.15, 0.2) is 291 Å². The van der Waals surface area contributed by atoms with Gasteiger partial charge in [0.2, 0.25) is 0 Å². The van der Waals surface area contributed by atoms with Crippen molar-refractivity contribution in [2.75, 3.05) is 4.90 Å². The smallest absolute Gasteiger partial charge is 0.0754 e. The summed E-state index contributed by atoms with van der Waals surface area (Å²) in [4.78, 5) is 2.44. The highest BCUT2D eigenvalue weighted by atomic mass is 15.1. The molecule has 0 fully saturated rings. The lowest BCUT2D eigenvalue weighted by molar-refractivity contribution is 0.749. The maximum absolute atomic E-state index is 2.52. The molecule has 0 amide bonds. The van der Waals surface area contributed by atoms with Crippen LogP contribution in [0.1, 0.15) is 22.3 Å². The van der Waals surface area contributed by atoms with Gasteiger partial charge in [0.25, 0.3) is 0 Å². The lowest BCUT2D eigenvalue weighted by Crippen LogP contribution is -2.33. The van der Waals surface area contributed by atoms with Gasteiger partial charge in [0.1, 0.15) is 0 Å². The first-order chi connectivity index (χ1) is 37.2. The first-order valence-electron chi connectivity index (χ1n) is 26.0. The van der Waals surface area contributed by atoms with Crippen molar-refractivity contribution in [1.82, 2.24) is 4.57 Å². The Kier molecular flexibility index (Phi) is 9.83. The molecule has 1 atom stereocenters. The number of anilines is 3. The van der Waals surface area contributed by atoms with Crippen molar-refractivity contribution in [2.24, 2.45) is 0 Å². The monoisotopic (exact) mass is 952 g/mol. The van der Waals surface area contributed by atoms with E-state index in [-0.39, 0.29) is 0 Å². The highest BCUT2D eigenvalue weighted by molar-refractivity contribution is 6.13. The molecule has 350 valence electrons. The van der Waals surface area contributed by atoms with Gasteiger partial charge in [0.15, 0.2) is 0 Å². The minimum atomic E-state index is -0.537. The lowest BCUT2D eigenvalue weighted by atomic mass is 9.65. The molecule has 1 aromatic heterocycles. The SMILES string of the molecule is c1ccc(-c2ccc(-c3ccc(N(c4cccc(-c5ccc6c(c5)C5(c7ccccc7-6)c6ccccc6-n6c7ccccc7c7cccc5c76)c4)c4ccccc4-c4ccc(-c5ccccc5)cc4)cc3)cc2)cc1. The van der Waals surface area contributed by atoms with E-state index in [0.717, 1.165) is 33.8 Å². The summed E-state index contributed by atoms with van der Waals surface area (Å²) in [6.07, 6.45) is 0. The first kappa shape index (κ1) is 42.9. The molecule has 0 saturated heterocycles. The van der Waals surface area contributed by atoms with Gasteiger partial charge in [0, 0.05) is 27.7 Å². The van der Waals surface area contributed by atoms with Crippen LogP contribution < -0.4 is 4.90 Å². The molecule has 12 aromatic carbocycles. The quantitative estimate of drug-likeness (QED) is 0.147. The minimum Gasteiger partial charge on any atom is -0.310 e. The fraction of sp³-hybridized carbons (Fsp3) is 0.0137. The Morgan fingerprint density at radius 3 is 1.47 bits per heavy atom. The van der Waals surface area contributed by atoms with Crippen LogP contribution in [0.3, 0.4) is 0 Å². The third kappa shape index (κ3) is 6.66. The molecule has 2 nitrogen and oxygen atoms in total. The number of hydrogen-bond acceptors (Lipinski definition) is 1. The summed E-state index contributed by atoms with van der Waals surface area (Å²) in [5, 5.41) is 2.56. The van der Waals surface area contributed by atoms with Gasteiger partial charge in [-0.25, -0.2) is 0 Å². The fourth-order valence-electron chi connectivity index (χ4n) is 12.7. The zero-order chi connectivity index (χ0) is 49.5. The van der Waals surface area contributed by atoms with Crippen LogP contribution in [-0.4, -0.2) is 4.57 Å². The molecule has 0 N–H and O–H groups in total. The zero-order valence-electron chi connectivity index (χ0n) is 41.1. The van der Waals surface area contributed by atoms with E-state index in [1.807, 2.05) is 0 Å². The highest BCUT2D eigenvalue weighted by Crippen LogP contribution is 2.61.